The summed E-state index contributed by atoms with van der Waals surface area (Å²) in [5.41, 5.74) is 4.97. The van der Waals surface area contributed by atoms with Crippen molar-refractivity contribution in [3.63, 3.8) is 0 Å². The highest BCUT2D eigenvalue weighted by Gasteiger charge is 2.37. The number of hydrogen-bond donors (Lipinski definition) is 2. The number of likely N-dealkylation sites (tertiary alicyclic amines) is 1. The van der Waals surface area contributed by atoms with Gasteiger partial charge in [-0.1, -0.05) is 13.8 Å². The predicted molar refractivity (Wildman–Crippen MR) is 119 cm³/mol. The Hall–Kier alpha value is -2.97. The van der Waals surface area contributed by atoms with Gasteiger partial charge in [0.15, 0.2) is 5.84 Å². The quantitative estimate of drug-likeness (QED) is 0.767. The average molecular weight is 430 g/mol. The molecule has 0 unspecified atom stereocenters. The molecule has 0 radical (unpaired) electrons. The number of anilines is 2. The number of amides is 2. The van der Waals surface area contributed by atoms with Crippen LogP contribution >= 0.6 is 0 Å². The van der Waals surface area contributed by atoms with Crippen molar-refractivity contribution in [2.24, 2.45) is 5.10 Å². The minimum Gasteiger partial charge on any atom is -0.483 e. The third-order valence-electron chi connectivity index (χ3n) is 5.60. The summed E-state index contributed by atoms with van der Waals surface area (Å²) in [5.74, 6) is 1.56. The van der Waals surface area contributed by atoms with Gasteiger partial charge in [0.05, 0.1) is 11.7 Å². The molecular weight excluding hydrogens is 398 g/mol. The molecule has 4 rings (SSSR count). The monoisotopic (exact) mass is 429 g/mol. The van der Waals surface area contributed by atoms with Crippen molar-refractivity contribution >= 4 is 29.2 Å². The second-order valence-electron chi connectivity index (χ2n) is 9.63. The molecule has 31 heavy (non-hydrogen) atoms. The van der Waals surface area contributed by atoms with Gasteiger partial charge in [-0.25, -0.2) is 10.2 Å². The van der Waals surface area contributed by atoms with Crippen molar-refractivity contribution in [1.82, 2.24) is 10.3 Å². The maximum absolute atomic E-state index is 12.2. The molecule has 1 aromatic carbocycles. The number of ether oxygens (including phenoxy) is 2. The van der Waals surface area contributed by atoms with Crippen molar-refractivity contribution in [2.45, 2.75) is 65.1 Å². The van der Waals surface area contributed by atoms with Gasteiger partial charge >= 0.3 is 6.09 Å². The van der Waals surface area contributed by atoms with Crippen molar-refractivity contribution in [2.75, 3.05) is 29.9 Å². The van der Waals surface area contributed by atoms with E-state index in [1.165, 1.54) is 0 Å². The van der Waals surface area contributed by atoms with Gasteiger partial charge in [-0.05, 0) is 51.3 Å². The molecule has 0 aliphatic carbocycles. The lowest BCUT2D eigenvalue weighted by molar-refractivity contribution is -0.122. The Bertz CT molecular complexity index is 931. The molecule has 3 aliphatic heterocycles. The average Bonchev–Trinajstić information content (AvgIpc) is 2.64. The number of nitrogens with zero attached hydrogens (tertiary/aromatic N) is 3. The molecule has 3 aliphatic rings. The summed E-state index contributed by atoms with van der Waals surface area (Å²) in [7, 11) is 0. The van der Waals surface area contributed by atoms with E-state index < -0.39 is 5.60 Å². The van der Waals surface area contributed by atoms with Gasteiger partial charge in [0, 0.05) is 18.8 Å². The Morgan fingerprint density at radius 1 is 1.32 bits per heavy atom. The fraction of sp³-hybridized carbons (Fsp3) is 0.591. The number of amidine groups is 1. The zero-order valence-corrected chi connectivity index (χ0v) is 19.0. The number of nitrogens with one attached hydrogen (secondary N) is 2. The Morgan fingerprint density at radius 2 is 2.03 bits per heavy atom. The van der Waals surface area contributed by atoms with Crippen LogP contribution in [-0.4, -0.2) is 60.1 Å². The Morgan fingerprint density at radius 3 is 2.68 bits per heavy atom. The van der Waals surface area contributed by atoms with E-state index in [-0.39, 0.29) is 30.0 Å². The van der Waals surface area contributed by atoms with Crippen LogP contribution in [-0.2, 0) is 9.53 Å². The first-order chi connectivity index (χ1) is 14.5. The highest BCUT2D eigenvalue weighted by Crippen LogP contribution is 2.41. The zero-order chi connectivity index (χ0) is 22.5. The number of rotatable bonds is 3. The van der Waals surface area contributed by atoms with Crippen LogP contribution in [0.4, 0.5) is 16.2 Å². The Kier molecular flexibility index (Phi) is 5.23. The molecule has 168 valence electrons. The smallest absolute Gasteiger partial charge is 0.410 e. The van der Waals surface area contributed by atoms with Gasteiger partial charge in [-0.3, -0.25) is 4.79 Å². The first-order valence-corrected chi connectivity index (χ1v) is 10.7. The summed E-state index contributed by atoms with van der Waals surface area (Å²) in [6.45, 7) is 13.2. The Labute approximate surface area is 182 Å². The van der Waals surface area contributed by atoms with Crippen LogP contribution < -0.4 is 20.4 Å². The van der Waals surface area contributed by atoms with Crippen LogP contribution in [0.15, 0.2) is 17.2 Å². The van der Waals surface area contributed by atoms with Crippen LogP contribution in [0.2, 0.25) is 0 Å². The van der Waals surface area contributed by atoms with Crippen LogP contribution in [0.1, 0.15) is 53.0 Å². The molecular formula is C22H31N5O4. The fourth-order valence-electron chi connectivity index (χ4n) is 3.96. The van der Waals surface area contributed by atoms with Gasteiger partial charge in [-0.15, -0.1) is 0 Å². The lowest BCUT2D eigenvalue weighted by atomic mass is 9.97. The fourth-order valence-corrected chi connectivity index (χ4v) is 3.96. The number of fused-ring (bicyclic) bond motifs is 3. The van der Waals surface area contributed by atoms with E-state index in [1.54, 1.807) is 4.90 Å². The summed E-state index contributed by atoms with van der Waals surface area (Å²) in [5, 5.41) is 7.73. The maximum Gasteiger partial charge on any atom is 0.410 e. The molecule has 1 atom stereocenters. The molecule has 9 nitrogen and oxygen atoms in total. The van der Waals surface area contributed by atoms with E-state index >= 15 is 0 Å². The SMILES string of the molecule is CC(C)c1cc2c(cc1NC1CN(C(=O)OC(C)(C)C)C1)N1C(=NNC(=O)[C@H]1C)CO2. The van der Waals surface area contributed by atoms with E-state index in [1.807, 2.05) is 44.7 Å². The number of carbonyl (C=O) groups excluding carboxylic acids is 2. The Balaban J connectivity index is 1.55. The van der Waals surface area contributed by atoms with Gasteiger partial charge in [0.25, 0.3) is 5.91 Å². The van der Waals surface area contributed by atoms with E-state index in [9.17, 15) is 9.59 Å². The molecule has 1 saturated heterocycles. The van der Waals surface area contributed by atoms with Gasteiger partial charge in [-0.2, -0.15) is 5.10 Å². The largest absolute Gasteiger partial charge is 0.483 e. The third-order valence-corrected chi connectivity index (χ3v) is 5.60. The minimum atomic E-state index is -0.504. The minimum absolute atomic E-state index is 0.128. The van der Waals surface area contributed by atoms with Crippen LogP contribution in [0.25, 0.3) is 0 Å². The van der Waals surface area contributed by atoms with Crippen molar-refractivity contribution in [1.29, 1.82) is 0 Å². The molecule has 1 aromatic rings. The highest BCUT2D eigenvalue weighted by molar-refractivity contribution is 6.09. The second-order valence-corrected chi connectivity index (χ2v) is 9.63. The lowest BCUT2D eigenvalue weighted by Crippen LogP contribution is -2.58. The standard InChI is InChI=1S/C22H31N5O4/c1-12(2)15-7-18-17(27-13(3)20(28)25-24-19(27)11-30-18)8-16(15)23-14-9-26(10-14)21(29)31-22(4,5)6/h7-8,12-14,23H,9-11H2,1-6H3,(H,25,28)/t13-/m1/s1. The molecule has 9 heteroatoms. The van der Waals surface area contributed by atoms with Crippen molar-refractivity contribution in [3.8, 4) is 5.75 Å². The number of hydrogen-bond acceptors (Lipinski definition) is 7. The maximum atomic E-state index is 12.2. The summed E-state index contributed by atoms with van der Waals surface area (Å²) < 4.78 is 11.4. The zero-order valence-electron chi connectivity index (χ0n) is 19.0. The second kappa shape index (κ2) is 7.62. The van der Waals surface area contributed by atoms with Crippen LogP contribution in [0.5, 0.6) is 5.75 Å². The number of benzene rings is 1. The van der Waals surface area contributed by atoms with Gasteiger partial charge < -0.3 is 24.6 Å². The predicted octanol–water partition coefficient (Wildman–Crippen LogP) is 2.87. The highest BCUT2D eigenvalue weighted by atomic mass is 16.6. The molecule has 2 amide bonds. The molecule has 3 heterocycles. The molecule has 2 N–H and O–H groups in total. The summed E-state index contributed by atoms with van der Waals surface area (Å²) in [6.07, 6.45) is -0.289. The number of carbonyl (C=O) groups is 2. The van der Waals surface area contributed by atoms with Crippen molar-refractivity contribution in [3.05, 3.63) is 17.7 Å². The number of hydrazone groups is 1. The summed E-state index contributed by atoms with van der Waals surface area (Å²) in [6, 6.07) is 3.83. The molecule has 0 bridgehead atoms. The van der Waals surface area contributed by atoms with Crippen molar-refractivity contribution < 1.29 is 19.1 Å². The van der Waals surface area contributed by atoms with Gasteiger partial charge in [0.2, 0.25) is 0 Å². The van der Waals surface area contributed by atoms with Gasteiger partial charge in [0.1, 0.15) is 24.0 Å². The first-order valence-electron chi connectivity index (χ1n) is 10.7. The summed E-state index contributed by atoms with van der Waals surface area (Å²) >= 11 is 0. The van der Waals surface area contributed by atoms with E-state index in [0.29, 0.717) is 25.5 Å². The molecule has 1 fully saturated rings. The topological polar surface area (TPSA) is 95.5 Å². The molecule has 0 saturated carbocycles. The third kappa shape index (κ3) is 4.13. The van der Waals surface area contributed by atoms with E-state index in [2.05, 4.69) is 29.7 Å². The molecule has 0 aromatic heterocycles. The van der Waals surface area contributed by atoms with Crippen LogP contribution in [0.3, 0.4) is 0 Å². The normalized spacial score (nSPS) is 20.8. The van der Waals surface area contributed by atoms with Crippen LogP contribution in [0, 0.1) is 0 Å². The van der Waals surface area contributed by atoms with E-state index in [0.717, 1.165) is 22.7 Å². The summed E-state index contributed by atoms with van der Waals surface area (Å²) in [4.78, 5) is 28.0. The lowest BCUT2D eigenvalue weighted by Gasteiger charge is -2.42. The van der Waals surface area contributed by atoms with E-state index in [4.69, 9.17) is 9.47 Å². The molecule has 0 spiro atoms. The first kappa shape index (κ1) is 21.3.